The molecule has 2 heterocycles. The lowest BCUT2D eigenvalue weighted by molar-refractivity contribution is 0.605. The summed E-state index contributed by atoms with van der Waals surface area (Å²) >= 11 is -0.981. The minimum Gasteiger partial charge on any atom is -0.612 e. The summed E-state index contributed by atoms with van der Waals surface area (Å²) in [5.74, 6) is 0.727. The Labute approximate surface area is 95.2 Å². The number of hydrogen-bond acceptors (Lipinski definition) is 5. The molecular formula is C9H11N5OS. The average molecular weight is 237 g/mol. The molecule has 6 nitrogen and oxygen atoms in total. The molecule has 0 bridgehead atoms. The SMILES string of the molecule is CC[S+]([O-])C=Cc1nc(N)nc2nc[nH]c12. The number of H-pyrrole nitrogens is 1. The maximum atomic E-state index is 11.3. The van der Waals surface area contributed by atoms with Crippen molar-refractivity contribution in [1.82, 2.24) is 19.9 Å². The van der Waals surface area contributed by atoms with E-state index in [1.807, 2.05) is 6.92 Å². The van der Waals surface area contributed by atoms with E-state index in [0.717, 1.165) is 0 Å². The second-order valence-corrected chi connectivity index (χ2v) is 4.65. The van der Waals surface area contributed by atoms with Gasteiger partial charge in [-0.2, -0.15) is 4.98 Å². The molecule has 0 saturated heterocycles. The summed E-state index contributed by atoms with van der Waals surface area (Å²) in [6.07, 6.45) is 3.19. The van der Waals surface area contributed by atoms with E-state index in [4.69, 9.17) is 5.73 Å². The Hall–Kier alpha value is -1.60. The molecule has 2 rings (SSSR count). The molecule has 0 fully saturated rings. The van der Waals surface area contributed by atoms with Crippen LogP contribution in [-0.4, -0.2) is 30.2 Å². The lowest BCUT2D eigenvalue weighted by Gasteiger charge is -2.01. The van der Waals surface area contributed by atoms with Gasteiger partial charge < -0.3 is 15.3 Å². The molecule has 0 saturated carbocycles. The Morgan fingerprint density at radius 2 is 2.38 bits per heavy atom. The first-order valence-electron chi connectivity index (χ1n) is 4.72. The molecule has 0 spiro atoms. The molecule has 0 amide bonds. The first-order valence-corrected chi connectivity index (χ1v) is 6.11. The number of nitrogens with zero attached hydrogens (tertiary/aromatic N) is 3. The zero-order chi connectivity index (χ0) is 11.5. The van der Waals surface area contributed by atoms with Crippen molar-refractivity contribution in [2.75, 3.05) is 11.5 Å². The molecule has 0 aliphatic carbocycles. The molecule has 1 atom stereocenters. The lowest BCUT2D eigenvalue weighted by Crippen LogP contribution is -1.99. The van der Waals surface area contributed by atoms with Crippen LogP contribution in [0.25, 0.3) is 17.2 Å². The topological polar surface area (TPSA) is 104 Å². The van der Waals surface area contributed by atoms with Gasteiger partial charge in [-0.3, -0.25) is 0 Å². The van der Waals surface area contributed by atoms with Crippen LogP contribution >= 0.6 is 0 Å². The highest BCUT2D eigenvalue weighted by atomic mass is 32.2. The summed E-state index contributed by atoms with van der Waals surface area (Å²) in [4.78, 5) is 14.9. The van der Waals surface area contributed by atoms with Crippen LogP contribution in [0.5, 0.6) is 0 Å². The third-order valence-corrected chi connectivity index (χ3v) is 3.00. The fourth-order valence-corrected chi connectivity index (χ4v) is 1.70. The van der Waals surface area contributed by atoms with Crippen LogP contribution in [0.4, 0.5) is 5.95 Å². The van der Waals surface area contributed by atoms with Crippen LogP contribution in [0.15, 0.2) is 11.7 Å². The van der Waals surface area contributed by atoms with Gasteiger partial charge in [-0.05, 0) is 18.1 Å². The van der Waals surface area contributed by atoms with Crippen molar-refractivity contribution in [3.05, 3.63) is 17.4 Å². The highest BCUT2D eigenvalue weighted by Gasteiger charge is 2.06. The normalized spacial score (nSPS) is 13.6. The monoisotopic (exact) mass is 237 g/mol. The van der Waals surface area contributed by atoms with Crippen molar-refractivity contribution < 1.29 is 4.55 Å². The van der Waals surface area contributed by atoms with Crippen LogP contribution in [0.1, 0.15) is 12.6 Å². The molecule has 7 heteroatoms. The smallest absolute Gasteiger partial charge is 0.222 e. The molecule has 0 aliphatic heterocycles. The predicted octanol–water partition coefficient (Wildman–Crippen LogP) is 0.674. The molecule has 2 aromatic heterocycles. The van der Waals surface area contributed by atoms with Gasteiger partial charge in [-0.15, -0.1) is 0 Å². The van der Waals surface area contributed by atoms with E-state index < -0.39 is 11.2 Å². The highest BCUT2D eigenvalue weighted by Crippen LogP contribution is 2.14. The van der Waals surface area contributed by atoms with Crippen molar-refractivity contribution >= 4 is 34.4 Å². The van der Waals surface area contributed by atoms with E-state index in [2.05, 4.69) is 19.9 Å². The second kappa shape index (κ2) is 4.50. The fraction of sp³-hybridized carbons (Fsp3) is 0.222. The van der Waals surface area contributed by atoms with Gasteiger partial charge in [-0.25, -0.2) is 9.97 Å². The van der Waals surface area contributed by atoms with Gasteiger partial charge in [0, 0.05) is 6.08 Å². The van der Waals surface area contributed by atoms with Gasteiger partial charge in [0.05, 0.1) is 12.0 Å². The predicted molar refractivity (Wildman–Crippen MR) is 63.8 cm³/mol. The van der Waals surface area contributed by atoms with Crippen molar-refractivity contribution in [3.63, 3.8) is 0 Å². The van der Waals surface area contributed by atoms with Crippen LogP contribution in [0.2, 0.25) is 0 Å². The summed E-state index contributed by atoms with van der Waals surface area (Å²) in [6, 6.07) is 0. The molecule has 0 aliphatic rings. The fourth-order valence-electron chi connectivity index (χ4n) is 1.23. The number of fused-ring (bicyclic) bond motifs is 1. The Bertz CT molecular complexity index is 524. The van der Waals surface area contributed by atoms with Gasteiger partial charge in [0.15, 0.2) is 5.65 Å². The summed E-state index contributed by atoms with van der Waals surface area (Å²) in [6.45, 7) is 1.85. The summed E-state index contributed by atoms with van der Waals surface area (Å²) < 4.78 is 11.3. The third kappa shape index (κ3) is 2.15. The van der Waals surface area contributed by atoms with Crippen LogP contribution < -0.4 is 5.73 Å². The van der Waals surface area contributed by atoms with E-state index >= 15 is 0 Å². The zero-order valence-corrected chi connectivity index (χ0v) is 9.49. The van der Waals surface area contributed by atoms with Gasteiger partial charge in [0.2, 0.25) is 5.95 Å². The number of nitrogen functional groups attached to an aromatic ring is 1. The minimum atomic E-state index is -0.981. The highest BCUT2D eigenvalue weighted by molar-refractivity contribution is 7.94. The largest absolute Gasteiger partial charge is 0.612 e. The van der Waals surface area contributed by atoms with E-state index in [-0.39, 0.29) is 5.95 Å². The molecule has 1 unspecified atom stereocenters. The second-order valence-electron chi connectivity index (χ2n) is 3.04. The van der Waals surface area contributed by atoms with Crippen molar-refractivity contribution in [3.8, 4) is 0 Å². The van der Waals surface area contributed by atoms with Gasteiger partial charge in [0.25, 0.3) is 0 Å². The number of anilines is 1. The third-order valence-electron chi connectivity index (χ3n) is 1.99. The standard InChI is InChI=1S/C9H11N5OS/c1-2-16(15)4-3-6-7-8(12-5-11-7)14-9(10)13-6/h3-5H,2H2,1H3,(H3,10,11,12,13,14). The number of nitrogens with two attached hydrogens (primary N) is 1. The van der Waals surface area contributed by atoms with Crippen LogP contribution in [0, 0.1) is 0 Å². The van der Waals surface area contributed by atoms with Crippen molar-refractivity contribution in [2.24, 2.45) is 0 Å². The number of hydrogen-bond donors (Lipinski definition) is 2. The number of aromatic nitrogens is 4. The summed E-state index contributed by atoms with van der Waals surface area (Å²) in [5.41, 5.74) is 7.34. The van der Waals surface area contributed by atoms with Gasteiger partial charge >= 0.3 is 0 Å². The molecule has 0 aromatic carbocycles. The summed E-state index contributed by atoms with van der Waals surface area (Å²) in [5, 5.41) is 1.59. The number of imidazole rings is 1. The molecular weight excluding hydrogens is 226 g/mol. The zero-order valence-electron chi connectivity index (χ0n) is 8.67. The first kappa shape index (κ1) is 10.9. The van der Waals surface area contributed by atoms with Gasteiger partial charge in [0.1, 0.15) is 16.7 Å². The van der Waals surface area contributed by atoms with Gasteiger partial charge in [-0.1, -0.05) is 0 Å². The van der Waals surface area contributed by atoms with Crippen LogP contribution in [-0.2, 0) is 11.2 Å². The molecule has 84 valence electrons. The van der Waals surface area contributed by atoms with Crippen molar-refractivity contribution in [2.45, 2.75) is 6.92 Å². The number of nitrogens with one attached hydrogen (secondary N) is 1. The maximum absolute atomic E-state index is 11.3. The average Bonchev–Trinajstić information content (AvgIpc) is 2.73. The van der Waals surface area contributed by atoms with E-state index in [1.54, 1.807) is 11.5 Å². The van der Waals surface area contributed by atoms with E-state index in [0.29, 0.717) is 22.6 Å². The Morgan fingerprint density at radius 1 is 1.56 bits per heavy atom. The molecule has 2 aromatic rings. The minimum absolute atomic E-state index is 0.154. The molecule has 0 radical (unpaired) electrons. The molecule has 16 heavy (non-hydrogen) atoms. The maximum Gasteiger partial charge on any atom is 0.222 e. The van der Waals surface area contributed by atoms with E-state index in [9.17, 15) is 4.55 Å². The number of rotatable bonds is 3. The Balaban J connectivity index is 2.43. The van der Waals surface area contributed by atoms with E-state index in [1.165, 1.54) is 6.33 Å². The Kier molecular flexibility index (Phi) is 3.07. The summed E-state index contributed by atoms with van der Waals surface area (Å²) in [7, 11) is 0. The van der Waals surface area contributed by atoms with Crippen molar-refractivity contribution in [1.29, 1.82) is 0 Å². The number of aromatic amines is 1. The van der Waals surface area contributed by atoms with Crippen LogP contribution in [0.3, 0.4) is 0 Å². The quantitative estimate of drug-likeness (QED) is 0.764. The lowest BCUT2D eigenvalue weighted by atomic mass is 10.3. The first-order chi connectivity index (χ1) is 7.70. The molecule has 3 N–H and O–H groups in total. The Morgan fingerprint density at radius 3 is 3.12 bits per heavy atom.